The van der Waals surface area contributed by atoms with Crippen LogP contribution in [0.15, 0.2) is 36.4 Å². The number of aliphatic hydroxyl groups is 1. The summed E-state index contributed by atoms with van der Waals surface area (Å²) in [5.74, 6) is 0.813. The molecule has 110 valence electrons. The maximum Gasteiger partial charge on any atom is 0.127 e. The van der Waals surface area contributed by atoms with Crippen molar-refractivity contribution in [3.63, 3.8) is 0 Å². The minimum absolute atomic E-state index is 0.813. The van der Waals surface area contributed by atoms with Crippen molar-refractivity contribution in [3.8, 4) is 16.9 Å². The molecular weight excluding hydrogens is 260 g/mol. The summed E-state index contributed by atoms with van der Waals surface area (Å²) in [4.78, 5) is 0. The lowest BCUT2D eigenvalue weighted by Gasteiger charge is -2.24. The number of ether oxygens (including phenoxy) is 1. The van der Waals surface area contributed by atoms with Gasteiger partial charge in [-0.15, -0.1) is 0 Å². The summed E-state index contributed by atoms with van der Waals surface area (Å²) in [6, 6.07) is 12.5. The molecule has 0 unspecified atom stereocenters. The fourth-order valence-electron chi connectivity index (χ4n) is 3.24. The minimum Gasteiger partial charge on any atom is -0.496 e. The monoisotopic (exact) mass is 282 g/mol. The number of methoxy groups -OCH3 is 1. The van der Waals surface area contributed by atoms with Gasteiger partial charge in [-0.25, -0.2) is 0 Å². The largest absolute Gasteiger partial charge is 0.496 e. The Morgan fingerprint density at radius 3 is 2.52 bits per heavy atom. The molecule has 0 atom stereocenters. The Kier molecular flexibility index (Phi) is 3.50. The standard InChI is InChI=1S/C19H22O2/c1-19(2,20)16-8-5-9-17(21-3)18(16)15-11-10-13-6-4-7-14(13)12-15/h5,8-12,20H,4,6-7H2,1-3H3. The van der Waals surface area contributed by atoms with E-state index >= 15 is 0 Å². The maximum atomic E-state index is 10.5. The molecule has 0 radical (unpaired) electrons. The van der Waals surface area contributed by atoms with Crippen LogP contribution in [-0.4, -0.2) is 12.2 Å². The topological polar surface area (TPSA) is 29.5 Å². The van der Waals surface area contributed by atoms with Crippen molar-refractivity contribution in [1.82, 2.24) is 0 Å². The quantitative estimate of drug-likeness (QED) is 0.919. The summed E-state index contributed by atoms with van der Waals surface area (Å²) in [6.07, 6.45) is 3.57. The highest BCUT2D eigenvalue weighted by Crippen LogP contribution is 2.40. The van der Waals surface area contributed by atoms with E-state index in [-0.39, 0.29) is 0 Å². The molecule has 0 bridgehead atoms. The molecule has 0 fully saturated rings. The Balaban J connectivity index is 2.21. The Labute approximate surface area is 126 Å². The molecule has 2 nitrogen and oxygen atoms in total. The lowest BCUT2D eigenvalue weighted by atomic mass is 9.88. The van der Waals surface area contributed by atoms with E-state index in [1.807, 2.05) is 32.0 Å². The van der Waals surface area contributed by atoms with Gasteiger partial charge in [-0.1, -0.05) is 30.3 Å². The molecule has 3 rings (SSSR count). The molecule has 21 heavy (non-hydrogen) atoms. The third kappa shape index (κ3) is 2.56. The van der Waals surface area contributed by atoms with E-state index in [0.29, 0.717) is 0 Å². The Bertz CT molecular complexity index is 666. The second-order valence-electron chi connectivity index (χ2n) is 6.28. The first kappa shape index (κ1) is 14.2. The van der Waals surface area contributed by atoms with Crippen molar-refractivity contribution in [1.29, 1.82) is 0 Å². The molecule has 0 saturated carbocycles. The van der Waals surface area contributed by atoms with Gasteiger partial charge in [0.1, 0.15) is 5.75 Å². The SMILES string of the molecule is COc1cccc(C(C)(C)O)c1-c1ccc2c(c1)CCC2. The van der Waals surface area contributed by atoms with E-state index in [1.165, 1.54) is 24.0 Å². The van der Waals surface area contributed by atoms with Gasteiger partial charge in [0.05, 0.1) is 12.7 Å². The highest BCUT2D eigenvalue weighted by Gasteiger charge is 2.24. The average Bonchev–Trinajstić information content (AvgIpc) is 2.92. The molecule has 1 aliphatic rings. The molecule has 1 aliphatic carbocycles. The van der Waals surface area contributed by atoms with Gasteiger partial charge in [0.25, 0.3) is 0 Å². The van der Waals surface area contributed by atoms with Crippen molar-refractivity contribution in [3.05, 3.63) is 53.1 Å². The fraction of sp³-hybridized carbons (Fsp3) is 0.368. The van der Waals surface area contributed by atoms with Crippen LogP contribution in [0.2, 0.25) is 0 Å². The first-order valence-electron chi connectivity index (χ1n) is 7.53. The lowest BCUT2D eigenvalue weighted by Crippen LogP contribution is -2.17. The van der Waals surface area contributed by atoms with Crippen molar-refractivity contribution in [2.24, 2.45) is 0 Å². The number of hydrogen-bond acceptors (Lipinski definition) is 2. The average molecular weight is 282 g/mol. The zero-order chi connectivity index (χ0) is 15.0. The van der Waals surface area contributed by atoms with Crippen LogP contribution in [0.25, 0.3) is 11.1 Å². The van der Waals surface area contributed by atoms with E-state index < -0.39 is 5.60 Å². The van der Waals surface area contributed by atoms with E-state index in [1.54, 1.807) is 7.11 Å². The molecule has 0 aromatic heterocycles. The molecule has 2 heteroatoms. The zero-order valence-electron chi connectivity index (χ0n) is 12.9. The van der Waals surface area contributed by atoms with Crippen LogP contribution >= 0.6 is 0 Å². The molecule has 0 saturated heterocycles. The second-order valence-corrected chi connectivity index (χ2v) is 6.28. The van der Waals surface area contributed by atoms with Gasteiger partial charge >= 0.3 is 0 Å². The van der Waals surface area contributed by atoms with Gasteiger partial charge in [-0.05, 0) is 61.4 Å². The molecular formula is C19H22O2. The first-order valence-corrected chi connectivity index (χ1v) is 7.53. The fourth-order valence-corrected chi connectivity index (χ4v) is 3.24. The van der Waals surface area contributed by atoms with Gasteiger partial charge in [0.15, 0.2) is 0 Å². The van der Waals surface area contributed by atoms with Crippen LogP contribution in [0.1, 0.15) is 37.0 Å². The second kappa shape index (κ2) is 5.19. The van der Waals surface area contributed by atoms with E-state index in [9.17, 15) is 5.11 Å². The third-order valence-corrected chi connectivity index (χ3v) is 4.29. The molecule has 2 aromatic rings. The Morgan fingerprint density at radius 2 is 1.81 bits per heavy atom. The number of benzene rings is 2. The summed E-state index contributed by atoms with van der Waals surface area (Å²) < 4.78 is 5.54. The van der Waals surface area contributed by atoms with Crippen LogP contribution in [0, 0.1) is 0 Å². The van der Waals surface area contributed by atoms with Crippen LogP contribution in [0.4, 0.5) is 0 Å². The number of fused-ring (bicyclic) bond motifs is 1. The van der Waals surface area contributed by atoms with Crippen LogP contribution in [-0.2, 0) is 18.4 Å². The summed E-state index contributed by atoms with van der Waals surface area (Å²) in [7, 11) is 1.68. The Morgan fingerprint density at radius 1 is 1.05 bits per heavy atom. The van der Waals surface area contributed by atoms with E-state index in [0.717, 1.165) is 28.9 Å². The van der Waals surface area contributed by atoms with Gasteiger partial charge in [0, 0.05) is 5.56 Å². The van der Waals surface area contributed by atoms with Gasteiger partial charge in [0.2, 0.25) is 0 Å². The summed E-state index contributed by atoms with van der Waals surface area (Å²) >= 11 is 0. The molecule has 0 amide bonds. The lowest BCUT2D eigenvalue weighted by molar-refractivity contribution is 0.0790. The predicted octanol–water partition coefficient (Wildman–Crippen LogP) is 4.08. The van der Waals surface area contributed by atoms with Crippen molar-refractivity contribution >= 4 is 0 Å². The van der Waals surface area contributed by atoms with Crippen molar-refractivity contribution in [2.45, 2.75) is 38.7 Å². The molecule has 0 heterocycles. The van der Waals surface area contributed by atoms with Crippen LogP contribution in [0.5, 0.6) is 5.75 Å². The summed E-state index contributed by atoms with van der Waals surface area (Å²) in [5.41, 5.74) is 5.02. The van der Waals surface area contributed by atoms with Crippen LogP contribution in [0.3, 0.4) is 0 Å². The normalized spacial score (nSPS) is 14.1. The van der Waals surface area contributed by atoms with Gasteiger partial charge in [-0.3, -0.25) is 0 Å². The maximum absolute atomic E-state index is 10.5. The smallest absolute Gasteiger partial charge is 0.127 e. The number of aryl methyl sites for hydroxylation is 2. The highest BCUT2D eigenvalue weighted by molar-refractivity contribution is 5.76. The zero-order valence-corrected chi connectivity index (χ0v) is 12.9. The summed E-state index contributed by atoms with van der Waals surface area (Å²) in [6.45, 7) is 3.64. The van der Waals surface area contributed by atoms with Crippen LogP contribution < -0.4 is 4.74 Å². The molecule has 0 spiro atoms. The summed E-state index contributed by atoms with van der Waals surface area (Å²) in [5, 5.41) is 10.5. The third-order valence-electron chi connectivity index (χ3n) is 4.29. The highest BCUT2D eigenvalue weighted by atomic mass is 16.5. The predicted molar refractivity (Wildman–Crippen MR) is 85.7 cm³/mol. The van der Waals surface area contributed by atoms with E-state index in [2.05, 4.69) is 18.2 Å². The van der Waals surface area contributed by atoms with E-state index in [4.69, 9.17) is 4.74 Å². The Hall–Kier alpha value is -1.80. The van der Waals surface area contributed by atoms with Gasteiger partial charge < -0.3 is 9.84 Å². The number of rotatable bonds is 3. The molecule has 0 aliphatic heterocycles. The first-order chi connectivity index (χ1) is 10.0. The number of hydrogen-bond donors (Lipinski definition) is 1. The van der Waals surface area contributed by atoms with Crippen molar-refractivity contribution in [2.75, 3.05) is 7.11 Å². The van der Waals surface area contributed by atoms with Gasteiger partial charge in [-0.2, -0.15) is 0 Å². The molecule has 1 N–H and O–H groups in total. The van der Waals surface area contributed by atoms with Crippen molar-refractivity contribution < 1.29 is 9.84 Å². The molecule has 2 aromatic carbocycles. The minimum atomic E-state index is -0.900.